The van der Waals surface area contributed by atoms with Crippen LogP contribution in [-0.2, 0) is 4.79 Å². The third kappa shape index (κ3) is 3.58. The van der Waals surface area contributed by atoms with Gasteiger partial charge in [0.1, 0.15) is 11.5 Å². The molecule has 7 heteroatoms. The van der Waals surface area contributed by atoms with Gasteiger partial charge in [-0.1, -0.05) is 18.2 Å². The summed E-state index contributed by atoms with van der Waals surface area (Å²) in [4.78, 5) is 19.4. The van der Waals surface area contributed by atoms with Crippen LogP contribution in [0, 0.1) is 0 Å². The Morgan fingerprint density at radius 2 is 1.79 bits per heavy atom. The van der Waals surface area contributed by atoms with E-state index in [0.29, 0.717) is 11.5 Å². The van der Waals surface area contributed by atoms with Crippen LogP contribution in [-0.4, -0.2) is 28.8 Å². The van der Waals surface area contributed by atoms with Crippen LogP contribution in [0.2, 0.25) is 0 Å². The number of aliphatic carboxylic acids is 1. The fourth-order valence-electron chi connectivity index (χ4n) is 2.31. The molecule has 0 fully saturated rings. The van der Waals surface area contributed by atoms with Crippen molar-refractivity contribution in [2.75, 3.05) is 0 Å². The van der Waals surface area contributed by atoms with Gasteiger partial charge in [-0.2, -0.15) is 0 Å². The van der Waals surface area contributed by atoms with E-state index in [1.54, 1.807) is 0 Å². The first-order valence-electron chi connectivity index (χ1n) is 7.34. The lowest BCUT2D eigenvalue weighted by molar-refractivity contribution is -0.138. The molecule has 3 rings (SSSR count). The molecule has 1 atom stereocenters. The SMILES string of the molecule is NNC1=NC(C(=O)O)CC(c2ccc(Oc3ccccc3)cc2)=N1. The average molecular weight is 324 g/mol. The average Bonchev–Trinajstić information content (AvgIpc) is 2.62. The van der Waals surface area contributed by atoms with Gasteiger partial charge in [-0.05, 0) is 42.0 Å². The predicted octanol–water partition coefficient (Wildman–Crippen LogP) is 1.94. The molecule has 122 valence electrons. The number of guanidine groups is 1. The summed E-state index contributed by atoms with van der Waals surface area (Å²) in [7, 11) is 0. The zero-order valence-electron chi connectivity index (χ0n) is 12.7. The first-order valence-corrected chi connectivity index (χ1v) is 7.34. The smallest absolute Gasteiger partial charge is 0.328 e. The molecule has 4 N–H and O–H groups in total. The van der Waals surface area contributed by atoms with Crippen molar-refractivity contribution < 1.29 is 14.6 Å². The molecule has 0 saturated heterocycles. The highest BCUT2D eigenvalue weighted by Crippen LogP contribution is 2.22. The van der Waals surface area contributed by atoms with Crippen LogP contribution in [0.15, 0.2) is 64.6 Å². The van der Waals surface area contributed by atoms with Gasteiger partial charge < -0.3 is 9.84 Å². The van der Waals surface area contributed by atoms with Crippen LogP contribution in [0.25, 0.3) is 0 Å². The number of hydrogen-bond donors (Lipinski definition) is 3. The lowest BCUT2D eigenvalue weighted by Crippen LogP contribution is -2.36. The van der Waals surface area contributed by atoms with Crippen molar-refractivity contribution in [2.45, 2.75) is 12.5 Å². The Balaban J connectivity index is 1.79. The molecule has 2 aromatic rings. The second kappa shape index (κ2) is 6.93. The zero-order valence-corrected chi connectivity index (χ0v) is 12.7. The van der Waals surface area contributed by atoms with E-state index in [4.69, 9.17) is 10.6 Å². The van der Waals surface area contributed by atoms with Gasteiger partial charge in [0.25, 0.3) is 0 Å². The lowest BCUT2D eigenvalue weighted by Gasteiger charge is -2.17. The third-order valence-electron chi connectivity index (χ3n) is 3.49. The molecule has 1 unspecified atom stereocenters. The van der Waals surface area contributed by atoms with Crippen LogP contribution >= 0.6 is 0 Å². The van der Waals surface area contributed by atoms with E-state index in [9.17, 15) is 9.90 Å². The standard InChI is InChI=1S/C17H16N4O3/c18-21-17-19-14(10-15(20-17)16(22)23)11-6-8-13(9-7-11)24-12-4-2-1-3-5-12/h1-9,15H,10,18H2,(H,20,21)(H,22,23). The molecule has 7 nitrogen and oxygen atoms in total. The normalized spacial score (nSPS) is 16.8. The van der Waals surface area contributed by atoms with E-state index in [1.807, 2.05) is 54.6 Å². The molecule has 0 bridgehead atoms. The van der Waals surface area contributed by atoms with E-state index < -0.39 is 12.0 Å². The molecular formula is C17H16N4O3. The number of carboxylic acids is 1. The van der Waals surface area contributed by atoms with Crippen LogP contribution < -0.4 is 16.0 Å². The number of hydrazine groups is 1. The number of carbonyl (C=O) groups is 1. The number of nitrogens with one attached hydrogen (secondary N) is 1. The van der Waals surface area contributed by atoms with Gasteiger partial charge in [0.05, 0.1) is 5.71 Å². The van der Waals surface area contributed by atoms with Gasteiger partial charge in [0, 0.05) is 6.42 Å². The number of rotatable bonds is 4. The second-order valence-electron chi connectivity index (χ2n) is 5.15. The van der Waals surface area contributed by atoms with Gasteiger partial charge in [0.15, 0.2) is 6.04 Å². The number of nitrogens with two attached hydrogens (primary N) is 1. The Hall–Kier alpha value is -3.19. The lowest BCUT2D eigenvalue weighted by atomic mass is 10.0. The summed E-state index contributed by atoms with van der Waals surface area (Å²) in [6.45, 7) is 0. The van der Waals surface area contributed by atoms with Gasteiger partial charge >= 0.3 is 5.97 Å². The van der Waals surface area contributed by atoms with Crippen LogP contribution in [0.1, 0.15) is 12.0 Å². The fourth-order valence-corrected chi connectivity index (χ4v) is 2.31. The summed E-state index contributed by atoms with van der Waals surface area (Å²) >= 11 is 0. The minimum atomic E-state index is -1.01. The second-order valence-corrected chi connectivity index (χ2v) is 5.15. The molecule has 0 saturated carbocycles. The molecule has 0 amide bonds. The Labute approximate surface area is 138 Å². The third-order valence-corrected chi connectivity index (χ3v) is 3.49. The molecule has 1 heterocycles. The van der Waals surface area contributed by atoms with Crippen molar-refractivity contribution in [3.8, 4) is 11.5 Å². The first-order chi connectivity index (χ1) is 11.7. The van der Waals surface area contributed by atoms with Crippen molar-refractivity contribution in [3.05, 3.63) is 60.2 Å². The Bertz CT molecular complexity index is 785. The van der Waals surface area contributed by atoms with Crippen molar-refractivity contribution in [1.29, 1.82) is 0 Å². The number of hydrogen-bond acceptors (Lipinski definition) is 6. The van der Waals surface area contributed by atoms with E-state index in [0.717, 1.165) is 11.3 Å². The monoisotopic (exact) mass is 324 g/mol. The summed E-state index contributed by atoms with van der Waals surface area (Å²) in [6.07, 6.45) is 0.208. The molecule has 1 aliphatic heterocycles. The van der Waals surface area contributed by atoms with E-state index in [-0.39, 0.29) is 12.4 Å². The maximum absolute atomic E-state index is 11.2. The minimum absolute atomic E-state index is 0.105. The maximum Gasteiger partial charge on any atom is 0.328 e. The van der Waals surface area contributed by atoms with Gasteiger partial charge in [-0.15, -0.1) is 0 Å². The number of para-hydroxylation sites is 1. The number of nitrogens with zero attached hydrogens (tertiary/aromatic N) is 2. The summed E-state index contributed by atoms with van der Waals surface area (Å²) in [6, 6.07) is 15.8. The Kier molecular flexibility index (Phi) is 4.53. The Morgan fingerprint density at radius 1 is 1.12 bits per heavy atom. The number of benzene rings is 2. The van der Waals surface area contributed by atoms with E-state index in [1.165, 1.54) is 0 Å². The fraction of sp³-hybridized carbons (Fsp3) is 0.118. The van der Waals surface area contributed by atoms with Crippen molar-refractivity contribution in [3.63, 3.8) is 0 Å². The van der Waals surface area contributed by atoms with E-state index in [2.05, 4.69) is 15.4 Å². The molecule has 0 aromatic heterocycles. The highest BCUT2D eigenvalue weighted by molar-refractivity contribution is 6.10. The Morgan fingerprint density at radius 3 is 2.42 bits per heavy atom. The van der Waals surface area contributed by atoms with Gasteiger partial charge in [0.2, 0.25) is 5.96 Å². The predicted molar refractivity (Wildman–Crippen MR) is 90.3 cm³/mol. The summed E-state index contributed by atoms with van der Waals surface area (Å²) in [5.74, 6) is 5.83. The molecule has 0 radical (unpaired) electrons. The highest BCUT2D eigenvalue weighted by Gasteiger charge is 2.24. The van der Waals surface area contributed by atoms with Crippen LogP contribution in [0.3, 0.4) is 0 Å². The summed E-state index contributed by atoms with van der Waals surface area (Å²) < 4.78 is 5.73. The van der Waals surface area contributed by atoms with Gasteiger partial charge in [-0.25, -0.2) is 20.6 Å². The number of carboxylic acid groups (broad SMARTS) is 1. The molecule has 0 spiro atoms. The quantitative estimate of drug-likeness (QED) is 0.588. The number of ether oxygens (including phenoxy) is 1. The van der Waals surface area contributed by atoms with Crippen LogP contribution in [0.4, 0.5) is 0 Å². The zero-order chi connectivity index (χ0) is 16.9. The van der Waals surface area contributed by atoms with Gasteiger partial charge in [-0.3, -0.25) is 5.43 Å². The summed E-state index contributed by atoms with van der Waals surface area (Å²) in [5, 5.41) is 9.17. The van der Waals surface area contributed by atoms with Crippen molar-refractivity contribution in [2.24, 2.45) is 15.8 Å². The molecular weight excluding hydrogens is 308 g/mol. The number of aliphatic imine (C=N–C) groups is 2. The molecule has 1 aliphatic rings. The minimum Gasteiger partial charge on any atom is -0.480 e. The largest absolute Gasteiger partial charge is 0.480 e. The van der Waals surface area contributed by atoms with Crippen LogP contribution in [0.5, 0.6) is 11.5 Å². The first kappa shape index (κ1) is 15.7. The van der Waals surface area contributed by atoms with Crippen molar-refractivity contribution >= 4 is 17.6 Å². The maximum atomic E-state index is 11.2. The topological polar surface area (TPSA) is 109 Å². The molecule has 24 heavy (non-hydrogen) atoms. The molecule has 0 aliphatic carbocycles. The summed E-state index contributed by atoms with van der Waals surface area (Å²) in [5.41, 5.74) is 3.71. The highest BCUT2D eigenvalue weighted by atomic mass is 16.5. The van der Waals surface area contributed by atoms with Crippen molar-refractivity contribution in [1.82, 2.24) is 5.43 Å². The molecule has 2 aromatic carbocycles. The van der Waals surface area contributed by atoms with E-state index >= 15 is 0 Å².